The lowest BCUT2D eigenvalue weighted by atomic mass is 10.1. The second-order valence-electron chi connectivity index (χ2n) is 7.70. The van der Waals surface area contributed by atoms with Crippen molar-refractivity contribution in [1.82, 2.24) is 5.32 Å². The van der Waals surface area contributed by atoms with Gasteiger partial charge in [0.1, 0.15) is 24.7 Å². The molecular weight excluding hydrogens is 452 g/mol. The largest absolute Gasteiger partial charge is 0.494 e. The Balaban J connectivity index is 1.67. The standard InChI is InChI=1S/C26H30N2O5S/c1-4-32-23-12-14-25(15-13-23)34(30,31)28(22-8-6-5-7-9-22)19-26(29)27-16-17-33-24-11-10-20(2)21(3)18-24/h5-15,18H,4,16-17,19H2,1-3H3,(H,27,29). The molecule has 34 heavy (non-hydrogen) atoms. The molecule has 7 nitrogen and oxygen atoms in total. The number of hydrogen-bond donors (Lipinski definition) is 1. The topological polar surface area (TPSA) is 84.9 Å². The highest BCUT2D eigenvalue weighted by Gasteiger charge is 2.27. The minimum Gasteiger partial charge on any atom is -0.494 e. The molecule has 0 saturated carbocycles. The molecule has 0 radical (unpaired) electrons. The first kappa shape index (κ1) is 25.1. The number of benzene rings is 3. The van der Waals surface area contributed by atoms with E-state index in [1.165, 1.54) is 17.7 Å². The van der Waals surface area contributed by atoms with Crippen LogP contribution in [0.15, 0.2) is 77.7 Å². The van der Waals surface area contributed by atoms with Gasteiger partial charge in [-0.2, -0.15) is 0 Å². The number of amides is 1. The predicted octanol–water partition coefficient (Wildman–Crippen LogP) is 4.09. The van der Waals surface area contributed by atoms with Crippen LogP contribution in [0.3, 0.4) is 0 Å². The van der Waals surface area contributed by atoms with Gasteiger partial charge in [0.2, 0.25) is 5.91 Å². The van der Waals surface area contributed by atoms with Crippen molar-refractivity contribution in [2.24, 2.45) is 0 Å². The van der Waals surface area contributed by atoms with E-state index in [1.807, 2.05) is 39.0 Å². The Morgan fingerprint density at radius 1 is 0.882 bits per heavy atom. The van der Waals surface area contributed by atoms with E-state index >= 15 is 0 Å². The highest BCUT2D eigenvalue weighted by Crippen LogP contribution is 2.25. The molecule has 3 aromatic carbocycles. The molecule has 0 bridgehead atoms. The number of hydrogen-bond acceptors (Lipinski definition) is 5. The van der Waals surface area contributed by atoms with Crippen LogP contribution >= 0.6 is 0 Å². The van der Waals surface area contributed by atoms with Gasteiger partial charge in [-0.3, -0.25) is 9.10 Å². The van der Waals surface area contributed by atoms with E-state index in [0.717, 1.165) is 15.6 Å². The Labute approximate surface area is 201 Å². The third-order valence-electron chi connectivity index (χ3n) is 5.23. The zero-order chi connectivity index (χ0) is 24.6. The first-order chi connectivity index (χ1) is 16.3. The predicted molar refractivity (Wildman–Crippen MR) is 133 cm³/mol. The summed E-state index contributed by atoms with van der Waals surface area (Å²) in [4.78, 5) is 12.7. The van der Waals surface area contributed by atoms with Gasteiger partial charge < -0.3 is 14.8 Å². The number of anilines is 1. The number of nitrogens with one attached hydrogen (secondary N) is 1. The van der Waals surface area contributed by atoms with Gasteiger partial charge in [-0.1, -0.05) is 24.3 Å². The fourth-order valence-electron chi connectivity index (χ4n) is 3.26. The van der Waals surface area contributed by atoms with Gasteiger partial charge >= 0.3 is 0 Å². The second-order valence-corrected chi connectivity index (χ2v) is 9.56. The van der Waals surface area contributed by atoms with Gasteiger partial charge in [0, 0.05) is 0 Å². The molecule has 0 heterocycles. The van der Waals surface area contributed by atoms with Crippen LogP contribution in [0.25, 0.3) is 0 Å². The van der Waals surface area contributed by atoms with Gasteiger partial charge in [0.05, 0.1) is 23.7 Å². The van der Waals surface area contributed by atoms with Crippen molar-refractivity contribution in [3.8, 4) is 11.5 Å². The van der Waals surface area contributed by atoms with Crippen LogP contribution in [0.4, 0.5) is 5.69 Å². The number of carbonyl (C=O) groups excluding carboxylic acids is 1. The summed E-state index contributed by atoms with van der Waals surface area (Å²) in [5.41, 5.74) is 2.70. The molecule has 0 aliphatic rings. The smallest absolute Gasteiger partial charge is 0.264 e. The van der Waals surface area contributed by atoms with Gasteiger partial charge in [0.25, 0.3) is 10.0 Å². The van der Waals surface area contributed by atoms with Gasteiger partial charge in [-0.05, 0) is 80.4 Å². The maximum absolute atomic E-state index is 13.4. The third-order valence-corrected chi connectivity index (χ3v) is 7.01. The number of rotatable bonds is 11. The minimum absolute atomic E-state index is 0.0747. The van der Waals surface area contributed by atoms with Crippen molar-refractivity contribution in [3.05, 3.63) is 83.9 Å². The first-order valence-corrected chi connectivity index (χ1v) is 12.5. The zero-order valence-corrected chi connectivity index (χ0v) is 20.5. The molecule has 1 N–H and O–H groups in total. The highest BCUT2D eigenvalue weighted by atomic mass is 32.2. The average Bonchev–Trinajstić information content (AvgIpc) is 2.83. The molecule has 180 valence electrons. The highest BCUT2D eigenvalue weighted by molar-refractivity contribution is 7.92. The molecule has 0 fully saturated rings. The summed E-state index contributed by atoms with van der Waals surface area (Å²) in [6, 6.07) is 20.5. The molecule has 0 atom stereocenters. The van der Waals surface area contributed by atoms with Crippen LogP contribution in [0, 0.1) is 13.8 Å². The number of aryl methyl sites for hydroxylation is 2. The van der Waals surface area contributed by atoms with E-state index in [9.17, 15) is 13.2 Å². The van der Waals surface area contributed by atoms with Gasteiger partial charge in [0.15, 0.2) is 0 Å². The van der Waals surface area contributed by atoms with Gasteiger partial charge in [-0.15, -0.1) is 0 Å². The Kier molecular flexibility index (Phi) is 8.54. The Hall–Kier alpha value is -3.52. The Morgan fingerprint density at radius 3 is 2.21 bits per heavy atom. The van der Waals surface area contributed by atoms with Gasteiger partial charge in [-0.25, -0.2) is 8.42 Å². The van der Waals surface area contributed by atoms with E-state index in [1.54, 1.807) is 42.5 Å². The summed E-state index contributed by atoms with van der Waals surface area (Å²) in [7, 11) is -3.98. The summed E-state index contributed by atoms with van der Waals surface area (Å²) in [6.07, 6.45) is 0. The SMILES string of the molecule is CCOc1ccc(S(=O)(=O)N(CC(=O)NCCOc2ccc(C)c(C)c2)c2ccccc2)cc1. The fourth-order valence-corrected chi connectivity index (χ4v) is 4.68. The summed E-state index contributed by atoms with van der Waals surface area (Å²) < 4.78 is 39.0. The van der Waals surface area contributed by atoms with Crippen molar-refractivity contribution in [2.75, 3.05) is 30.6 Å². The number of para-hydroxylation sites is 1. The van der Waals surface area contributed by atoms with E-state index in [0.29, 0.717) is 18.0 Å². The zero-order valence-electron chi connectivity index (χ0n) is 19.7. The molecule has 0 saturated heterocycles. The van der Waals surface area contributed by atoms with Crippen LogP contribution in [0.5, 0.6) is 11.5 Å². The Morgan fingerprint density at radius 2 is 1.56 bits per heavy atom. The lowest BCUT2D eigenvalue weighted by Crippen LogP contribution is -2.41. The molecule has 0 aromatic heterocycles. The summed E-state index contributed by atoms with van der Waals surface area (Å²) in [6.45, 7) is 6.53. The van der Waals surface area contributed by atoms with Crippen LogP contribution in [-0.2, 0) is 14.8 Å². The second kappa shape index (κ2) is 11.6. The lowest BCUT2D eigenvalue weighted by Gasteiger charge is -2.24. The molecule has 0 aliphatic carbocycles. The van der Waals surface area contributed by atoms with E-state index in [-0.39, 0.29) is 24.6 Å². The normalized spacial score (nSPS) is 11.0. The molecule has 0 spiro atoms. The van der Waals surface area contributed by atoms with Crippen molar-refractivity contribution in [2.45, 2.75) is 25.7 Å². The molecule has 0 unspecified atom stereocenters. The maximum atomic E-state index is 13.4. The molecular formula is C26H30N2O5S. The molecule has 3 aromatic rings. The van der Waals surface area contributed by atoms with Crippen molar-refractivity contribution >= 4 is 21.6 Å². The monoisotopic (exact) mass is 482 g/mol. The number of sulfonamides is 1. The minimum atomic E-state index is -3.98. The molecule has 0 aliphatic heterocycles. The van der Waals surface area contributed by atoms with Crippen LogP contribution in [0.1, 0.15) is 18.1 Å². The van der Waals surface area contributed by atoms with E-state index in [4.69, 9.17) is 9.47 Å². The lowest BCUT2D eigenvalue weighted by molar-refractivity contribution is -0.119. The van der Waals surface area contributed by atoms with E-state index < -0.39 is 15.9 Å². The summed E-state index contributed by atoms with van der Waals surface area (Å²) in [5.74, 6) is 0.873. The summed E-state index contributed by atoms with van der Waals surface area (Å²) >= 11 is 0. The van der Waals surface area contributed by atoms with Crippen molar-refractivity contribution in [1.29, 1.82) is 0 Å². The quantitative estimate of drug-likeness (QED) is 0.416. The van der Waals surface area contributed by atoms with Crippen molar-refractivity contribution in [3.63, 3.8) is 0 Å². The van der Waals surface area contributed by atoms with Crippen LogP contribution < -0.4 is 19.1 Å². The number of ether oxygens (including phenoxy) is 2. The molecule has 8 heteroatoms. The molecule has 3 rings (SSSR count). The first-order valence-electron chi connectivity index (χ1n) is 11.1. The average molecular weight is 483 g/mol. The molecule has 1 amide bonds. The fraction of sp³-hybridized carbons (Fsp3) is 0.269. The third kappa shape index (κ3) is 6.51. The maximum Gasteiger partial charge on any atom is 0.264 e. The van der Waals surface area contributed by atoms with Crippen molar-refractivity contribution < 1.29 is 22.7 Å². The number of nitrogens with zero attached hydrogens (tertiary/aromatic N) is 1. The van der Waals surface area contributed by atoms with Crippen LogP contribution in [-0.4, -0.2) is 40.6 Å². The van der Waals surface area contributed by atoms with Crippen LogP contribution in [0.2, 0.25) is 0 Å². The Bertz CT molecular complexity index is 1200. The summed E-state index contributed by atoms with van der Waals surface area (Å²) in [5, 5.41) is 2.74. The number of carbonyl (C=O) groups is 1. The van der Waals surface area contributed by atoms with E-state index in [2.05, 4.69) is 5.32 Å².